The minimum Gasteiger partial charge on any atom is -0.392 e. The van der Waals surface area contributed by atoms with E-state index >= 15 is 0 Å². The van der Waals surface area contributed by atoms with Gasteiger partial charge in [-0.3, -0.25) is 4.79 Å². The third-order valence-corrected chi connectivity index (χ3v) is 8.88. The van der Waals surface area contributed by atoms with Crippen LogP contribution in [0.5, 0.6) is 0 Å². The first-order chi connectivity index (χ1) is 12.7. The van der Waals surface area contributed by atoms with Gasteiger partial charge < -0.3 is 30.3 Å². The number of ether oxygens (including phenoxy) is 1. The smallest absolute Gasteiger partial charge is 0.174 e. The predicted octanol–water partition coefficient (Wildman–Crippen LogP) is -0.0785. The number of ketones is 1. The normalized spacial score (nSPS) is 55.6. The number of fused-ring (bicyclic) bond motifs is 5. The molecule has 0 amide bonds. The average molecular weight is 396 g/mol. The van der Waals surface area contributed by atoms with Crippen LogP contribution in [0.25, 0.3) is 0 Å². The third kappa shape index (κ3) is 2.03. The Bertz CT molecular complexity index is 760. The lowest BCUT2D eigenvalue weighted by Crippen LogP contribution is -2.78. The lowest BCUT2D eigenvalue weighted by molar-refractivity contribution is -0.335. The fraction of sp³-hybridized carbons (Fsp3) is 0.857. The molecule has 0 aromatic heterocycles. The number of aliphatic hydroxyl groups is 5. The molecule has 158 valence electrons. The fourth-order valence-corrected chi connectivity index (χ4v) is 7.00. The van der Waals surface area contributed by atoms with Crippen molar-refractivity contribution >= 4 is 5.78 Å². The van der Waals surface area contributed by atoms with Gasteiger partial charge in [0.1, 0.15) is 11.7 Å². The first-order valence-electron chi connectivity index (χ1n) is 10.1. The average Bonchev–Trinajstić information content (AvgIpc) is 2.60. The van der Waals surface area contributed by atoms with Gasteiger partial charge in [-0.1, -0.05) is 20.8 Å². The maximum absolute atomic E-state index is 13.6. The van der Waals surface area contributed by atoms with Crippen molar-refractivity contribution in [2.45, 2.75) is 83.1 Å². The summed E-state index contributed by atoms with van der Waals surface area (Å²) in [4.78, 5) is 13.6. The number of rotatable bonds is 0. The molecule has 0 aromatic carbocycles. The first kappa shape index (κ1) is 20.4. The predicted molar refractivity (Wildman–Crippen MR) is 99.1 cm³/mol. The van der Waals surface area contributed by atoms with E-state index in [1.807, 2.05) is 0 Å². The lowest BCUT2D eigenvalue weighted by Gasteiger charge is -2.67. The van der Waals surface area contributed by atoms with Crippen molar-refractivity contribution in [1.82, 2.24) is 0 Å². The maximum atomic E-state index is 13.6. The van der Waals surface area contributed by atoms with E-state index in [4.69, 9.17) is 4.74 Å². The molecule has 5 N–H and O–H groups in total. The minimum atomic E-state index is -1.58. The molecule has 9 atom stereocenters. The van der Waals surface area contributed by atoms with E-state index in [0.29, 0.717) is 11.1 Å². The van der Waals surface area contributed by atoms with Gasteiger partial charge in [-0.05, 0) is 30.9 Å². The van der Waals surface area contributed by atoms with Crippen molar-refractivity contribution < 1.29 is 35.1 Å². The van der Waals surface area contributed by atoms with Crippen molar-refractivity contribution in [3.05, 3.63) is 11.1 Å². The summed E-state index contributed by atoms with van der Waals surface area (Å²) in [6, 6.07) is 0. The Kier molecular flexibility index (Phi) is 4.13. The molecule has 0 radical (unpaired) electrons. The van der Waals surface area contributed by atoms with Gasteiger partial charge in [0, 0.05) is 24.2 Å². The molecule has 28 heavy (non-hydrogen) atoms. The van der Waals surface area contributed by atoms with Gasteiger partial charge in [0.2, 0.25) is 0 Å². The monoisotopic (exact) mass is 396 g/mol. The summed E-state index contributed by atoms with van der Waals surface area (Å²) in [5, 5.41) is 56.1. The highest BCUT2D eigenvalue weighted by atomic mass is 16.6. The molecule has 3 aliphatic carbocycles. The van der Waals surface area contributed by atoms with Crippen LogP contribution in [0.2, 0.25) is 0 Å². The molecule has 1 aliphatic heterocycles. The molecule has 1 unspecified atom stereocenters. The van der Waals surface area contributed by atoms with Crippen molar-refractivity contribution in [2.75, 3.05) is 6.61 Å². The van der Waals surface area contributed by atoms with Crippen molar-refractivity contribution in [3.8, 4) is 0 Å². The Hall–Kier alpha value is -0.830. The first-order valence-corrected chi connectivity index (χ1v) is 10.1. The van der Waals surface area contributed by atoms with Gasteiger partial charge in [0.05, 0.1) is 35.9 Å². The number of carbonyl (C=O) groups excluding carboxylic acids is 1. The highest BCUT2D eigenvalue weighted by Crippen LogP contribution is 2.64. The maximum Gasteiger partial charge on any atom is 0.174 e. The summed E-state index contributed by atoms with van der Waals surface area (Å²) in [6.07, 6.45) is -4.20. The Morgan fingerprint density at radius 1 is 1.11 bits per heavy atom. The molecule has 4 aliphatic rings. The van der Waals surface area contributed by atoms with Gasteiger partial charge in [-0.25, -0.2) is 0 Å². The van der Waals surface area contributed by atoms with E-state index in [0.717, 1.165) is 0 Å². The van der Waals surface area contributed by atoms with Gasteiger partial charge in [-0.15, -0.1) is 0 Å². The van der Waals surface area contributed by atoms with E-state index in [-0.39, 0.29) is 19.4 Å². The Balaban J connectivity index is 2.01. The summed E-state index contributed by atoms with van der Waals surface area (Å²) in [5.41, 5.74) is -4.54. The topological polar surface area (TPSA) is 127 Å². The SMILES string of the molecule is CC1=C2[C@@H](O)C(=O)[C@@]3(C)[C@H]([C@H](C)[C@](O)(CC1O)C2(C)C)[C@]1(O)CO[C@@H]1C[C@@H]3O. The molecule has 1 heterocycles. The quantitative estimate of drug-likeness (QED) is 0.363. The zero-order valence-electron chi connectivity index (χ0n) is 17.1. The van der Waals surface area contributed by atoms with Gasteiger partial charge in [0.25, 0.3) is 0 Å². The molecule has 7 nitrogen and oxygen atoms in total. The van der Waals surface area contributed by atoms with Crippen LogP contribution in [0.3, 0.4) is 0 Å². The third-order valence-electron chi connectivity index (χ3n) is 8.88. The standard InChI is InChI=1S/C21H32O7/c1-9-11(22)7-21(27)10(2)16-19(5,12(23)6-13-20(16,26)8-28-13)17(25)15(24)14(9)18(21,3)4/h10-13,15-16,22-24,26-27H,6-8H2,1-5H3/t10-,11?,12-,13+,15+,16-,19+,20-,21+/m0/s1. The van der Waals surface area contributed by atoms with E-state index in [1.54, 1.807) is 34.6 Å². The molecule has 1 saturated heterocycles. The zero-order valence-corrected chi connectivity index (χ0v) is 17.1. The van der Waals surface area contributed by atoms with Crippen LogP contribution in [0.15, 0.2) is 11.1 Å². The van der Waals surface area contributed by atoms with Crippen LogP contribution in [-0.2, 0) is 9.53 Å². The Morgan fingerprint density at radius 2 is 1.71 bits per heavy atom. The number of aliphatic hydroxyl groups excluding tert-OH is 3. The number of carbonyl (C=O) groups is 1. The molecule has 4 rings (SSSR count). The van der Waals surface area contributed by atoms with Crippen LogP contribution < -0.4 is 0 Å². The molecule has 0 aromatic rings. The van der Waals surface area contributed by atoms with E-state index < -0.39 is 64.1 Å². The lowest BCUT2D eigenvalue weighted by atomic mass is 9.43. The van der Waals surface area contributed by atoms with Crippen LogP contribution in [0, 0.1) is 22.7 Å². The number of hydrogen-bond acceptors (Lipinski definition) is 7. The fourth-order valence-electron chi connectivity index (χ4n) is 7.00. The van der Waals surface area contributed by atoms with Crippen LogP contribution >= 0.6 is 0 Å². The van der Waals surface area contributed by atoms with E-state index in [9.17, 15) is 30.3 Å². The van der Waals surface area contributed by atoms with Gasteiger partial charge in [-0.2, -0.15) is 0 Å². The summed E-state index contributed by atoms with van der Waals surface area (Å²) in [5.74, 6) is -2.05. The highest BCUT2D eigenvalue weighted by Gasteiger charge is 2.73. The molecule has 0 spiro atoms. The van der Waals surface area contributed by atoms with Crippen molar-refractivity contribution in [2.24, 2.45) is 22.7 Å². The highest BCUT2D eigenvalue weighted by molar-refractivity contribution is 5.93. The number of hydrogen-bond donors (Lipinski definition) is 5. The molecular formula is C21H32O7. The summed E-state index contributed by atoms with van der Waals surface area (Å²) < 4.78 is 5.49. The second-order valence-electron chi connectivity index (χ2n) is 10.2. The molecule has 7 heteroatoms. The van der Waals surface area contributed by atoms with Crippen LogP contribution in [0.4, 0.5) is 0 Å². The zero-order chi connectivity index (χ0) is 21.0. The largest absolute Gasteiger partial charge is 0.392 e. The molecular weight excluding hydrogens is 364 g/mol. The Morgan fingerprint density at radius 3 is 2.25 bits per heavy atom. The minimum absolute atomic E-state index is 0.0130. The molecule has 2 bridgehead atoms. The van der Waals surface area contributed by atoms with Crippen molar-refractivity contribution in [1.29, 1.82) is 0 Å². The molecule has 3 fully saturated rings. The number of Topliss-reactive ketones (excluding diaryl/α,β-unsaturated/α-hetero) is 1. The molecule has 2 saturated carbocycles. The van der Waals surface area contributed by atoms with Gasteiger partial charge >= 0.3 is 0 Å². The van der Waals surface area contributed by atoms with E-state index in [2.05, 4.69) is 0 Å². The summed E-state index contributed by atoms with van der Waals surface area (Å²) >= 11 is 0. The Labute approximate surface area is 165 Å². The van der Waals surface area contributed by atoms with E-state index in [1.165, 1.54) is 0 Å². The second kappa shape index (κ2) is 5.65. The summed E-state index contributed by atoms with van der Waals surface area (Å²) in [6.45, 7) is 8.58. The second-order valence-corrected chi connectivity index (χ2v) is 10.2. The van der Waals surface area contributed by atoms with Gasteiger partial charge in [0.15, 0.2) is 5.78 Å². The van der Waals surface area contributed by atoms with Crippen LogP contribution in [0.1, 0.15) is 47.5 Å². The summed E-state index contributed by atoms with van der Waals surface area (Å²) in [7, 11) is 0. The van der Waals surface area contributed by atoms with Crippen LogP contribution in [-0.4, -0.2) is 73.5 Å². The van der Waals surface area contributed by atoms with Crippen molar-refractivity contribution in [3.63, 3.8) is 0 Å².